The molecule has 2 aromatic carbocycles. The first kappa shape index (κ1) is 24.9. The molecule has 4 N–H and O–H groups in total. The maximum Gasteiger partial charge on any atom is 0.490 e. The molecular formula is C21H16F3N7O4. The fourth-order valence-electron chi connectivity index (χ4n) is 2.74. The summed E-state index contributed by atoms with van der Waals surface area (Å²) in [6.45, 7) is 0.0125. The average molecular weight is 487 g/mol. The summed E-state index contributed by atoms with van der Waals surface area (Å²) in [5, 5.41) is 44.4. The van der Waals surface area contributed by atoms with E-state index in [1.807, 2.05) is 24.3 Å². The number of nitrogens with zero attached hydrogens (tertiary/aromatic N) is 5. The lowest BCUT2D eigenvalue weighted by Gasteiger charge is -2.11. The van der Waals surface area contributed by atoms with Crippen molar-refractivity contribution in [2.75, 3.05) is 6.54 Å². The summed E-state index contributed by atoms with van der Waals surface area (Å²) in [7, 11) is 0. The van der Waals surface area contributed by atoms with Crippen LogP contribution in [0.4, 0.5) is 13.2 Å². The third kappa shape index (κ3) is 6.39. The molecule has 0 bridgehead atoms. The monoisotopic (exact) mass is 487 g/mol. The van der Waals surface area contributed by atoms with Crippen LogP contribution < -0.4 is 5.32 Å². The van der Waals surface area contributed by atoms with Crippen molar-refractivity contribution >= 4 is 22.8 Å². The summed E-state index contributed by atoms with van der Waals surface area (Å²) < 4.78 is 33.2. The predicted molar refractivity (Wildman–Crippen MR) is 113 cm³/mol. The minimum Gasteiger partial charge on any atom is -0.475 e. The molecule has 2 aromatic heterocycles. The highest BCUT2D eigenvalue weighted by atomic mass is 19.4. The van der Waals surface area contributed by atoms with Crippen LogP contribution in [0.15, 0.2) is 54.9 Å². The number of H-pyrrole nitrogens is 1. The van der Waals surface area contributed by atoms with Crippen molar-refractivity contribution < 1.29 is 33.0 Å². The van der Waals surface area contributed by atoms with Crippen molar-refractivity contribution in [1.29, 1.82) is 5.26 Å². The Morgan fingerprint density at radius 1 is 1.20 bits per heavy atom. The van der Waals surface area contributed by atoms with E-state index in [0.717, 1.165) is 16.6 Å². The third-order valence-electron chi connectivity index (χ3n) is 4.54. The van der Waals surface area contributed by atoms with Gasteiger partial charge in [-0.1, -0.05) is 17.3 Å². The molecule has 1 unspecified atom stereocenters. The largest absolute Gasteiger partial charge is 0.490 e. The first-order valence-electron chi connectivity index (χ1n) is 9.71. The van der Waals surface area contributed by atoms with Gasteiger partial charge in [0.15, 0.2) is 5.69 Å². The zero-order valence-corrected chi connectivity index (χ0v) is 17.6. The smallest absolute Gasteiger partial charge is 0.475 e. The highest BCUT2D eigenvalue weighted by Gasteiger charge is 2.38. The van der Waals surface area contributed by atoms with Crippen molar-refractivity contribution in [2.45, 2.75) is 12.3 Å². The molecule has 0 saturated heterocycles. The molecule has 2 heterocycles. The molecular weight excluding hydrogens is 471 g/mol. The van der Waals surface area contributed by atoms with Crippen LogP contribution in [0.3, 0.4) is 0 Å². The highest BCUT2D eigenvalue weighted by molar-refractivity contribution is 5.92. The molecule has 0 saturated carbocycles. The van der Waals surface area contributed by atoms with Gasteiger partial charge in [0, 0.05) is 11.9 Å². The number of halogens is 3. The van der Waals surface area contributed by atoms with Crippen LogP contribution in [-0.4, -0.2) is 60.0 Å². The molecule has 35 heavy (non-hydrogen) atoms. The van der Waals surface area contributed by atoms with E-state index >= 15 is 0 Å². The van der Waals surface area contributed by atoms with Gasteiger partial charge >= 0.3 is 12.1 Å². The van der Waals surface area contributed by atoms with Crippen molar-refractivity contribution in [3.05, 3.63) is 71.7 Å². The lowest BCUT2D eigenvalue weighted by atomic mass is 10.1. The second-order valence-corrected chi connectivity index (χ2v) is 6.95. The van der Waals surface area contributed by atoms with Crippen molar-refractivity contribution in [3.8, 4) is 11.8 Å². The number of hydrogen-bond acceptors (Lipinski definition) is 7. The van der Waals surface area contributed by atoms with Crippen LogP contribution in [0.25, 0.3) is 16.6 Å². The Hall–Kier alpha value is -4.77. The maximum atomic E-state index is 12.3. The summed E-state index contributed by atoms with van der Waals surface area (Å²) in [6, 6.07) is 14.1. The molecule has 0 aliphatic carbocycles. The number of carboxylic acids is 1. The Kier molecular flexibility index (Phi) is 7.42. The number of benzene rings is 2. The summed E-state index contributed by atoms with van der Waals surface area (Å²) in [4.78, 5) is 21.2. The number of carbonyl (C=O) groups is 2. The molecule has 4 aromatic rings. The number of rotatable bonds is 5. The van der Waals surface area contributed by atoms with Crippen molar-refractivity contribution in [2.24, 2.45) is 0 Å². The molecule has 0 fully saturated rings. The number of aromatic amines is 1. The van der Waals surface area contributed by atoms with E-state index in [0.29, 0.717) is 11.1 Å². The van der Waals surface area contributed by atoms with Crippen molar-refractivity contribution in [1.82, 2.24) is 30.5 Å². The van der Waals surface area contributed by atoms with Crippen LogP contribution in [0.1, 0.15) is 27.7 Å². The summed E-state index contributed by atoms with van der Waals surface area (Å²) in [6.07, 6.45) is -2.76. The number of aliphatic carboxylic acids is 1. The number of alkyl halides is 3. The van der Waals surface area contributed by atoms with E-state index in [4.69, 9.17) is 15.2 Å². The van der Waals surface area contributed by atoms with Gasteiger partial charge in [-0.2, -0.15) is 23.5 Å². The number of aliphatic hydroxyl groups is 1. The van der Waals surface area contributed by atoms with Gasteiger partial charge < -0.3 is 15.5 Å². The van der Waals surface area contributed by atoms with E-state index < -0.39 is 24.2 Å². The second kappa shape index (κ2) is 10.4. The Balaban J connectivity index is 0.000000429. The van der Waals surface area contributed by atoms with Crippen LogP contribution in [0, 0.1) is 11.3 Å². The number of carbonyl (C=O) groups excluding carboxylic acids is 1. The molecule has 11 nitrogen and oxygen atoms in total. The van der Waals surface area contributed by atoms with E-state index in [-0.39, 0.29) is 12.2 Å². The topological polar surface area (TPSA) is 170 Å². The van der Waals surface area contributed by atoms with Crippen molar-refractivity contribution in [3.63, 3.8) is 0 Å². The van der Waals surface area contributed by atoms with Gasteiger partial charge in [0.2, 0.25) is 0 Å². The Morgan fingerprint density at radius 2 is 1.89 bits per heavy atom. The first-order valence-corrected chi connectivity index (χ1v) is 9.71. The van der Waals surface area contributed by atoms with Gasteiger partial charge in [0.1, 0.15) is 0 Å². The van der Waals surface area contributed by atoms with E-state index in [1.165, 1.54) is 10.9 Å². The molecule has 14 heteroatoms. The molecule has 180 valence electrons. The molecule has 4 rings (SSSR count). The Labute approximate surface area is 194 Å². The first-order chi connectivity index (χ1) is 16.6. The van der Waals surface area contributed by atoms with Gasteiger partial charge in [0.05, 0.1) is 41.3 Å². The van der Waals surface area contributed by atoms with E-state index in [2.05, 4.69) is 25.8 Å². The zero-order valence-electron chi connectivity index (χ0n) is 17.6. The number of aliphatic hydroxyl groups excluding tert-OH is 1. The predicted octanol–water partition coefficient (Wildman–Crippen LogP) is 2.11. The fourth-order valence-corrected chi connectivity index (χ4v) is 2.74. The summed E-state index contributed by atoms with van der Waals surface area (Å²) in [5.41, 5.74) is 2.90. The number of aromatic nitrogens is 5. The number of fused-ring (bicyclic) bond motifs is 1. The number of nitriles is 1. The summed E-state index contributed by atoms with van der Waals surface area (Å²) >= 11 is 0. The molecule has 1 atom stereocenters. The standard InChI is InChI=1S/C19H15N7O2.C2HF3O2/c20-8-12-1-3-13(4-2-12)18(27)10-21-19(28)17-11-26(25-24-17)15-5-6-16-14(7-15)9-22-23-16;3-2(4,5)1(6)7/h1-7,9,11,18,27H,10H2,(H,21,28)(H,22,23);(H,6,7). The Morgan fingerprint density at radius 3 is 2.51 bits per heavy atom. The lowest BCUT2D eigenvalue weighted by molar-refractivity contribution is -0.192. The maximum absolute atomic E-state index is 12.3. The SMILES string of the molecule is N#Cc1ccc(C(O)CNC(=O)c2cn(-c3ccc4[nH]ncc4c3)nn2)cc1.O=C(O)C(F)(F)F. The molecule has 1 amide bonds. The minimum atomic E-state index is -5.08. The molecule has 0 radical (unpaired) electrons. The van der Waals surface area contributed by atoms with Crippen LogP contribution >= 0.6 is 0 Å². The summed E-state index contributed by atoms with van der Waals surface area (Å²) in [5.74, 6) is -3.20. The van der Waals surface area contributed by atoms with Crippen LogP contribution in [-0.2, 0) is 4.79 Å². The Bertz CT molecular complexity index is 1370. The molecule has 0 spiro atoms. The van der Waals surface area contributed by atoms with Gasteiger partial charge in [-0.3, -0.25) is 9.89 Å². The van der Waals surface area contributed by atoms with E-state index in [1.54, 1.807) is 30.5 Å². The van der Waals surface area contributed by atoms with Gasteiger partial charge in [-0.25, -0.2) is 9.48 Å². The van der Waals surface area contributed by atoms with Gasteiger partial charge in [-0.05, 0) is 35.9 Å². The molecule has 0 aliphatic rings. The fraction of sp³-hybridized carbons (Fsp3) is 0.143. The highest BCUT2D eigenvalue weighted by Crippen LogP contribution is 2.16. The number of nitrogens with one attached hydrogen (secondary N) is 2. The van der Waals surface area contributed by atoms with Gasteiger partial charge in [-0.15, -0.1) is 5.10 Å². The van der Waals surface area contributed by atoms with Gasteiger partial charge in [0.25, 0.3) is 5.91 Å². The lowest BCUT2D eigenvalue weighted by Crippen LogP contribution is -2.28. The molecule has 0 aliphatic heterocycles. The zero-order chi connectivity index (χ0) is 25.6. The minimum absolute atomic E-state index is 0.0125. The normalized spacial score (nSPS) is 11.7. The van der Waals surface area contributed by atoms with E-state index in [9.17, 15) is 23.1 Å². The number of hydrogen-bond donors (Lipinski definition) is 4. The number of amides is 1. The second-order valence-electron chi connectivity index (χ2n) is 6.95. The third-order valence-corrected chi connectivity index (χ3v) is 4.54. The number of carboxylic acid groups (broad SMARTS) is 1. The van der Waals surface area contributed by atoms with Crippen LogP contribution in [0.2, 0.25) is 0 Å². The van der Waals surface area contributed by atoms with Crippen LogP contribution in [0.5, 0.6) is 0 Å². The average Bonchev–Trinajstić information content (AvgIpc) is 3.51. The quantitative estimate of drug-likeness (QED) is 0.332.